The molecule has 0 bridgehead atoms. The number of aryl methyl sites for hydroxylation is 2. The molecule has 0 radical (unpaired) electrons. The Morgan fingerprint density at radius 1 is 1.37 bits per heavy atom. The molecule has 3 rings (SSSR count). The van der Waals surface area contributed by atoms with Gasteiger partial charge in [0.15, 0.2) is 0 Å². The van der Waals surface area contributed by atoms with Crippen molar-refractivity contribution in [1.82, 2.24) is 9.55 Å². The van der Waals surface area contributed by atoms with Crippen molar-refractivity contribution in [3.05, 3.63) is 53.6 Å². The van der Waals surface area contributed by atoms with E-state index in [1.54, 1.807) is 6.20 Å². The third kappa shape index (κ3) is 2.71. The summed E-state index contributed by atoms with van der Waals surface area (Å²) in [5.41, 5.74) is 2.45. The van der Waals surface area contributed by atoms with Crippen LogP contribution in [0.2, 0.25) is 0 Å². The maximum absolute atomic E-state index is 10.4. The molecule has 2 aromatic rings. The van der Waals surface area contributed by atoms with Gasteiger partial charge in [-0.2, -0.15) is 0 Å². The smallest absolute Gasteiger partial charge is 0.108 e. The first-order valence-corrected chi connectivity index (χ1v) is 6.99. The zero-order valence-corrected chi connectivity index (χ0v) is 11.3. The van der Waals surface area contributed by atoms with Crippen molar-refractivity contribution in [2.45, 2.75) is 37.7 Å². The van der Waals surface area contributed by atoms with E-state index in [0.717, 1.165) is 24.2 Å². The van der Waals surface area contributed by atoms with Crippen molar-refractivity contribution in [1.29, 1.82) is 0 Å². The summed E-state index contributed by atoms with van der Waals surface area (Å²) in [5, 5.41) is 10.4. The predicted octanol–water partition coefficient (Wildman–Crippen LogP) is 2.96. The zero-order valence-electron chi connectivity index (χ0n) is 11.3. The summed E-state index contributed by atoms with van der Waals surface area (Å²) in [4.78, 5) is 4.30. The summed E-state index contributed by atoms with van der Waals surface area (Å²) in [7, 11) is 1.99. The van der Waals surface area contributed by atoms with Crippen LogP contribution in [-0.4, -0.2) is 14.7 Å². The van der Waals surface area contributed by atoms with Crippen molar-refractivity contribution < 1.29 is 5.11 Å². The van der Waals surface area contributed by atoms with Gasteiger partial charge in [0.2, 0.25) is 0 Å². The number of aromatic nitrogens is 2. The van der Waals surface area contributed by atoms with Gasteiger partial charge in [0.1, 0.15) is 5.82 Å². The van der Waals surface area contributed by atoms with Crippen LogP contribution in [0.3, 0.4) is 0 Å². The average molecular weight is 256 g/mol. The molecular formula is C16H20N2O. The molecule has 1 aliphatic carbocycles. The molecule has 1 aromatic carbocycles. The molecule has 1 aliphatic rings. The van der Waals surface area contributed by atoms with E-state index < -0.39 is 0 Å². The largest absolute Gasteiger partial charge is 0.388 e. The maximum Gasteiger partial charge on any atom is 0.108 e. The molecule has 1 saturated carbocycles. The minimum Gasteiger partial charge on any atom is -0.388 e. The van der Waals surface area contributed by atoms with Gasteiger partial charge in [0.05, 0.1) is 6.10 Å². The monoisotopic (exact) mass is 256 g/mol. The van der Waals surface area contributed by atoms with Crippen LogP contribution in [0.5, 0.6) is 0 Å². The van der Waals surface area contributed by atoms with Crippen molar-refractivity contribution in [2.75, 3.05) is 0 Å². The Hall–Kier alpha value is -1.61. The van der Waals surface area contributed by atoms with E-state index in [9.17, 15) is 5.11 Å². The van der Waals surface area contributed by atoms with E-state index >= 15 is 0 Å². The molecule has 3 nitrogen and oxygen atoms in total. The SMILES string of the molecule is Cn1ccnc1CCC(O)c1ccccc1C1CC1. The molecule has 0 aliphatic heterocycles. The lowest BCUT2D eigenvalue weighted by atomic mass is 9.96. The van der Waals surface area contributed by atoms with Gasteiger partial charge in [0.25, 0.3) is 0 Å². The second-order valence-electron chi connectivity index (χ2n) is 5.41. The Morgan fingerprint density at radius 2 is 2.16 bits per heavy atom. The van der Waals surface area contributed by atoms with Crippen LogP contribution >= 0.6 is 0 Å². The average Bonchev–Trinajstić information content (AvgIpc) is 3.20. The number of aliphatic hydroxyl groups is 1. The molecule has 1 unspecified atom stereocenters. The van der Waals surface area contributed by atoms with Crippen LogP contribution in [0.1, 0.15) is 48.2 Å². The van der Waals surface area contributed by atoms with Gasteiger partial charge in [-0.25, -0.2) is 4.98 Å². The van der Waals surface area contributed by atoms with Gasteiger partial charge in [0, 0.05) is 25.9 Å². The van der Waals surface area contributed by atoms with Crippen LogP contribution in [0, 0.1) is 0 Å². The molecule has 19 heavy (non-hydrogen) atoms. The molecule has 1 N–H and O–H groups in total. The van der Waals surface area contributed by atoms with E-state index in [-0.39, 0.29) is 6.10 Å². The van der Waals surface area contributed by atoms with Crippen molar-refractivity contribution in [3.8, 4) is 0 Å². The van der Waals surface area contributed by atoms with Crippen LogP contribution in [0.4, 0.5) is 0 Å². The number of hydrogen-bond donors (Lipinski definition) is 1. The zero-order chi connectivity index (χ0) is 13.2. The highest BCUT2D eigenvalue weighted by atomic mass is 16.3. The van der Waals surface area contributed by atoms with Crippen molar-refractivity contribution in [2.24, 2.45) is 7.05 Å². The Morgan fingerprint density at radius 3 is 2.84 bits per heavy atom. The van der Waals surface area contributed by atoms with E-state index in [2.05, 4.69) is 23.2 Å². The van der Waals surface area contributed by atoms with E-state index in [4.69, 9.17) is 0 Å². The summed E-state index contributed by atoms with van der Waals surface area (Å²) >= 11 is 0. The lowest BCUT2D eigenvalue weighted by Crippen LogP contribution is -2.05. The van der Waals surface area contributed by atoms with E-state index in [1.807, 2.05) is 23.9 Å². The third-order valence-electron chi connectivity index (χ3n) is 3.93. The van der Waals surface area contributed by atoms with Crippen LogP contribution < -0.4 is 0 Å². The first-order chi connectivity index (χ1) is 9.25. The first kappa shape index (κ1) is 12.4. The molecule has 1 heterocycles. The summed E-state index contributed by atoms with van der Waals surface area (Å²) < 4.78 is 2.01. The number of aliphatic hydroxyl groups excluding tert-OH is 1. The predicted molar refractivity (Wildman–Crippen MR) is 74.9 cm³/mol. The summed E-state index contributed by atoms with van der Waals surface area (Å²) in [6, 6.07) is 8.32. The lowest BCUT2D eigenvalue weighted by Gasteiger charge is -2.15. The lowest BCUT2D eigenvalue weighted by molar-refractivity contribution is 0.165. The minimum absolute atomic E-state index is 0.381. The van der Waals surface area contributed by atoms with Gasteiger partial charge in [-0.3, -0.25) is 0 Å². The van der Waals surface area contributed by atoms with Gasteiger partial charge >= 0.3 is 0 Å². The van der Waals surface area contributed by atoms with Gasteiger partial charge in [-0.15, -0.1) is 0 Å². The van der Waals surface area contributed by atoms with Gasteiger partial charge in [-0.05, 0) is 36.3 Å². The topological polar surface area (TPSA) is 38.0 Å². The van der Waals surface area contributed by atoms with E-state index in [0.29, 0.717) is 5.92 Å². The fourth-order valence-corrected chi connectivity index (χ4v) is 2.64. The summed E-state index contributed by atoms with van der Waals surface area (Å²) in [6.07, 6.45) is 7.44. The molecular weight excluding hydrogens is 236 g/mol. The second-order valence-corrected chi connectivity index (χ2v) is 5.41. The van der Waals surface area contributed by atoms with Crippen LogP contribution in [0.25, 0.3) is 0 Å². The number of nitrogens with zero attached hydrogens (tertiary/aromatic N) is 2. The Balaban J connectivity index is 1.70. The Labute approximate surface area is 113 Å². The van der Waals surface area contributed by atoms with E-state index in [1.165, 1.54) is 18.4 Å². The number of imidazole rings is 1. The first-order valence-electron chi connectivity index (χ1n) is 6.99. The molecule has 0 saturated heterocycles. The van der Waals surface area contributed by atoms with Crippen LogP contribution in [-0.2, 0) is 13.5 Å². The highest BCUT2D eigenvalue weighted by molar-refractivity contribution is 5.34. The third-order valence-corrected chi connectivity index (χ3v) is 3.93. The molecule has 1 aromatic heterocycles. The quantitative estimate of drug-likeness (QED) is 0.893. The molecule has 100 valence electrons. The normalized spacial score (nSPS) is 16.5. The van der Waals surface area contributed by atoms with Crippen molar-refractivity contribution >= 4 is 0 Å². The summed E-state index contributed by atoms with van der Waals surface area (Å²) in [5.74, 6) is 1.71. The Bertz CT molecular complexity index is 557. The van der Waals surface area contributed by atoms with Gasteiger partial charge < -0.3 is 9.67 Å². The highest BCUT2D eigenvalue weighted by Crippen LogP contribution is 2.43. The fraction of sp³-hybridized carbons (Fsp3) is 0.438. The number of hydrogen-bond acceptors (Lipinski definition) is 2. The molecule has 1 fully saturated rings. The maximum atomic E-state index is 10.4. The summed E-state index contributed by atoms with van der Waals surface area (Å²) in [6.45, 7) is 0. The highest BCUT2D eigenvalue weighted by Gasteiger charge is 2.27. The molecule has 0 spiro atoms. The Kier molecular flexibility index (Phi) is 3.38. The van der Waals surface area contributed by atoms with Crippen molar-refractivity contribution in [3.63, 3.8) is 0 Å². The molecule has 0 amide bonds. The molecule has 3 heteroatoms. The molecule has 1 atom stereocenters. The number of benzene rings is 1. The fourth-order valence-electron chi connectivity index (χ4n) is 2.64. The number of rotatable bonds is 5. The standard InChI is InChI=1S/C16H20N2O/c1-18-11-10-17-16(18)9-8-15(19)14-5-3-2-4-13(14)12-6-7-12/h2-5,10-12,15,19H,6-9H2,1H3. The second kappa shape index (κ2) is 5.17. The minimum atomic E-state index is -0.381. The van der Waals surface area contributed by atoms with Crippen LogP contribution in [0.15, 0.2) is 36.7 Å². The van der Waals surface area contributed by atoms with Gasteiger partial charge in [-0.1, -0.05) is 24.3 Å².